The molecule has 1 unspecified atom stereocenters. The Balaban J connectivity index is 2.21. The van der Waals surface area contributed by atoms with Crippen LogP contribution in [0.5, 0.6) is 0 Å². The summed E-state index contributed by atoms with van der Waals surface area (Å²) in [7, 11) is 0. The largest absolute Gasteiger partial charge is 0.481 e. The molecule has 1 aliphatic heterocycles. The van der Waals surface area contributed by atoms with Crippen molar-refractivity contribution in [2.24, 2.45) is 5.92 Å². The van der Waals surface area contributed by atoms with Crippen LogP contribution in [0.4, 0.5) is 8.78 Å². The first-order chi connectivity index (χ1) is 8.50. The van der Waals surface area contributed by atoms with E-state index >= 15 is 0 Å². The number of benzene rings is 1. The van der Waals surface area contributed by atoms with Gasteiger partial charge in [0.15, 0.2) is 0 Å². The lowest BCUT2D eigenvalue weighted by Crippen LogP contribution is -2.31. The number of nitrogens with zero attached hydrogens (tertiary/aromatic N) is 1. The standard InChI is InChI=1S/C12H11F2NO3/c13-8-2-1-3-9(14)10(8)11(16)15-5-4-7(6-15)12(17)18/h1-3,7H,4-6H2,(H,17,18). The highest BCUT2D eigenvalue weighted by Gasteiger charge is 2.33. The average Bonchev–Trinajstić information content (AvgIpc) is 2.77. The van der Waals surface area contributed by atoms with Gasteiger partial charge in [-0.3, -0.25) is 9.59 Å². The highest BCUT2D eigenvalue weighted by atomic mass is 19.1. The molecule has 6 heteroatoms. The number of hydrogen-bond donors (Lipinski definition) is 1. The van der Waals surface area contributed by atoms with Gasteiger partial charge in [-0.1, -0.05) is 6.07 Å². The molecule has 0 spiro atoms. The number of aliphatic carboxylic acids is 1. The molecule has 0 saturated carbocycles. The Hall–Kier alpha value is -1.98. The highest BCUT2D eigenvalue weighted by molar-refractivity contribution is 5.95. The van der Waals surface area contributed by atoms with Gasteiger partial charge in [0, 0.05) is 13.1 Å². The Labute approximate surface area is 102 Å². The van der Waals surface area contributed by atoms with Crippen molar-refractivity contribution in [1.29, 1.82) is 0 Å². The zero-order valence-electron chi connectivity index (χ0n) is 9.40. The fraction of sp³-hybridized carbons (Fsp3) is 0.333. The minimum Gasteiger partial charge on any atom is -0.481 e. The van der Waals surface area contributed by atoms with Crippen molar-refractivity contribution >= 4 is 11.9 Å². The predicted octanol–water partition coefficient (Wildman–Crippen LogP) is 1.51. The van der Waals surface area contributed by atoms with Gasteiger partial charge in [0.05, 0.1) is 5.92 Å². The molecular weight excluding hydrogens is 244 g/mol. The number of carboxylic acid groups (broad SMARTS) is 1. The number of amides is 1. The topological polar surface area (TPSA) is 57.6 Å². The van der Waals surface area contributed by atoms with Gasteiger partial charge in [-0.2, -0.15) is 0 Å². The fourth-order valence-corrected chi connectivity index (χ4v) is 2.01. The summed E-state index contributed by atoms with van der Waals surface area (Å²) < 4.78 is 26.8. The van der Waals surface area contributed by atoms with Gasteiger partial charge in [0.2, 0.25) is 0 Å². The van der Waals surface area contributed by atoms with Crippen LogP contribution in [0.2, 0.25) is 0 Å². The van der Waals surface area contributed by atoms with Crippen LogP contribution >= 0.6 is 0 Å². The van der Waals surface area contributed by atoms with E-state index in [0.29, 0.717) is 6.42 Å². The summed E-state index contributed by atoms with van der Waals surface area (Å²) in [5, 5.41) is 8.81. The van der Waals surface area contributed by atoms with Gasteiger partial charge in [-0.05, 0) is 18.6 Å². The molecule has 0 bridgehead atoms. The SMILES string of the molecule is O=C(O)C1CCN(C(=O)c2c(F)cccc2F)C1. The third kappa shape index (κ3) is 2.18. The van der Waals surface area contributed by atoms with Gasteiger partial charge in [-0.25, -0.2) is 8.78 Å². The molecule has 1 aromatic carbocycles. The Morgan fingerprint density at radius 3 is 2.39 bits per heavy atom. The first kappa shape index (κ1) is 12.5. The van der Waals surface area contributed by atoms with Gasteiger partial charge < -0.3 is 10.0 Å². The van der Waals surface area contributed by atoms with Gasteiger partial charge in [0.25, 0.3) is 5.91 Å². The molecule has 1 fully saturated rings. The van der Waals surface area contributed by atoms with Crippen molar-refractivity contribution in [3.05, 3.63) is 35.4 Å². The molecule has 96 valence electrons. The van der Waals surface area contributed by atoms with E-state index in [1.165, 1.54) is 11.0 Å². The molecule has 2 rings (SSSR count). The van der Waals surface area contributed by atoms with Crippen molar-refractivity contribution in [3.63, 3.8) is 0 Å². The van der Waals surface area contributed by atoms with Crippen LogP contribution in [0.3, 0.4) is 0 Å². The number of likely N-dealkylation sites (tertiary alicyclic amines) is 1. The maximum absolute atomic E-state index is 13.4. The van der Waals surface area contributed by atoms with Gasteiger partial charge in [0.1, 0.15) is 17.2 Å². The second-order valence-electron chi connectivity index (χ2n) is 4.17. The molecule has 1 amide bonds. The second kappa shape index (κ2) is 4.72. The summed E-state index contributed by atoms with van der Waals surface area (Å²) in [5.74, 6) is -4.32. The lowest BCUT2D eigenvalue weighted by atomic mass is 10.1. The third-order valence-corrected chi connectivity index (χ3v) is 3.00. The summed E-state index contributed by atoms with van der Waals surface area (Å²) in [6, 6.07) is 3.17. The third-order valence-electron chi connectivity index (χ3n) is 3.00. The van der Waals surface area contributed by atoms with E-state index in [4.69, 9.17) is 5.11 Å². The molecule has 1 saturated heterocycles. The number of carbonyl (C=O) groups is 2. The van der Waals surface area contributed by atoms with E-state index in [0.717, 1.165) is 12.1 Å². The maximum Gasteiger partial charge on any atom is 0.308 e. The van der Waals surface area contributed by atoms with Crippen LogP contribution in [-0.2, 0) is 4.79 Å². The van der Waals surface area contributed by atoms with Crippen LogP contribution in [0.15, 0.2) is 18.2 Å². The summed E-state index contributed by atoms with van der Waals surface area (Å²) >= 11 is 0. The van der Waals surface area contributed by atoms with Crippen LogP contribution in [-0.4, -0.2) is 35.0 Å². The molecule has 0 aromatic heterocycles. The van der Waals surface area contributed by atoms with Gasteiger partial charge >= 0.3 is 5.97 Å². The Kier molecular flexibility index (Phi) is 3.27. The fourth-order valence-electron chi connectivity index (χ4n) is 2.01. The van der Waals surface area contributed by atoms with E-state index in [1.807, 2.05) is 0 Å². The lowest BCUT2D eigenvalue weighted by Gasteiger charge is -2.16. The summed E-state index contributed by atoms with van der Waals surface area (Å²) in [4.78, 5) is 23.8. The average molecular weight is 255 g/mol. The van der Waals surface area contributed by atoms with Crippen LogP contribution in [0, 0.1) is 17.6 Å². The van der Waals surface area contributed by atoms with Crippen molar-refractivity contribution in [2.45, 2.75) is 6.42 Å². The van der Waals surface area contributed by atoms with E-state index < -0.39 is 35.0 Å². The van der Waals surface area contributed by atoms with E-state index in [1.54, 1.807) is 0 Å². The van der Waals surface area contributed by atoms with E-state index in [9.17, 15) is 18.4 Å². The maximum atomic E-state index is 13.4. The van der Waals surface area contributed by atoms with Crippen molar-refractivity contribution in [1.82, 2.24) is 4.90 Å². The van der Waals surface area contributed by atoms with Crippen molar-refractivity contribution < 1.29 is 23.5 Å². The zero-order valence-corrected chi connectivity index (χ0v) is 9.40. The molecular formula is C12H11F2NO3. The first-order valence-electron chi connectivity index (χ1n) is 5.47. The van der Waals surface area contributed by atoms with Gasteiger partial charge in [-0.15, -0.1) is 0 Å². The number of halogens is 2. The highest BCUT2D eigenvalue weighted by Crippen LogP contribution is 2.21. The van der Waals surface area contributed by atoms with Crippen LogP contribution < -0.4 is 0 Å². The van der Waals surface area contributed by atoms with E-state index in [2.05, 4.69) is 0 Å². The summed E-state index contributed by atoms with van der Waals surface area (Å²) in [6.07, 6.45) is 0.303. The molecule has 1 aromatic rings. The van der Waals surface area contributed by atoms with Crippen molar-refractivity contribution in [3.8, 4) is 0 Å². The number of carboxylic acids is 1. The number of carbonyl (C=O) groups excluding carboxylic acids is 1. The molecule has 1 aliphatic rings. The Morgan fingerprint density at radius 2 is 1.89 bits per heavy atom. The Morgan fingerprint density at radius 1 is 1.28 bits per heavy atom. The van der Waals surface area contributed by atoms with Crippen LogP contribution in [0.1, 0.15) is 16.8 Å². The number of hydrogen-bond acceptors (Lipinski definition) is 2. The number of rotatable bonds is 2. The summed E-state index contributed by atoms with van der Waals surface area (Å²) in [5.41, 5.74) is -0.622. The molecule has 1 heterocycles. The second-order valence-corrected chi connectivity index (χ2v) is 4.17. The predicted molar refractivity (Wildman–Crippen MR) is 58.0 cm³/mol. The Bertz CT molecular complexity index is 484. The van der Waals surface area contributed by atoms with Crippen molar-refractivity contribution in [2.75, 3.05) is 13.1 Å². The summed E-state index contributed by atoms with van der Waals surface area (Å²) in [6.45, 7) is 0.186. The molecule has 18 heavy (non-hydrogen) atoms. The lowest BCUT2D eigenvalue weighted by molar-refractivity contribution is -0.141. The normalized spacial score (nSPS) is 19.0. The van der Waals surface area contributed by atoms with E-state index in [-0.39, 0.29) is 13.1 Å². The monoisotopic (exact) mass is 255 g/mol. The molecule has 1 atom stereocenters. The molecule has 0 radical (unpaired) electrons. The molecule has 1 N–H and O–H groups in total. The minimum absolute atomic E-state index is 0.0120. The molecule has 4 nitrogen and oxygen atoms in total. The quantitative estimate of drug-likeness (QED) is 0.871. The van der Waals surface area contributed by atoms with Crippen LogP contribution in [0.25, 0.3) is 0 Å². The first-order valence-corrected chi connectivity index (χ1v) is 5.47. The zero-order chi connectivity index (χ0) is 13.3. The molecule has 0 aliphatic carbocycles. The smallest absolute Gasteiger partial charge is 0.308 e. The minimum atomic E-state index is -1.00.